The van der Waals surface area contributed by atoms with E-state index in [-0.39, 0.29) is 82.7 Å². The molecule has 106 heavy (non-hydrogen) atoms. The fourth-order valence-corrected chi connectivity index (χ4v) is 19.9. The first-order valence-corrected chi connectivity index (χ1v) is 43.3. The molecule has 0 aliphatic carbocycles. The summed E-state index contributed by atoms with van der Waals surface area (Å²) < 4.78 is 27.0. The van der Waals surface area contributed by atoms with Gasteiger partial charge in [-0.3, -0.25) is 29.0 Å². The topological polar surface area (TPSA) is 267 Å². The lowest BCUT2D eigenvalue weighted by Crippen LogP contribution is -2.35. The molecule has 0 atom stereocenters. The molecule has 6 aromatic rings. The second kappa shape index (κ2) is 51.6. The van der Waals surface area contributed by atoms with Gasteiger partial charge in [-0.15, -0.1) is 5.26 Å². The van der Waals surface area contributed by atoms with Crippen molar-refractivity contribution in [2.75, 3.05) is 118 Å². The minimum Gasteiger partial charge on any atom is -0.463 e. The van der Waals surface area contributed by atoms with Crippen molar-refractivity contribution in [2.24, 2.45) is 4.99 Å². The van der Waals surface area contributed by atoms with Crippen LogP contribution in [0.3, 0.4) is 0 Å². The second-order valence-corrected chi connectivity index (χ2v) is 38.6. The van der Waals surface area contributed by atoms with Gasteiger partial charge in [0.05, 0.1) is 74.5 Å². The van der Waals surface area contributed by atoms with E-state index in [1.807, 2.05) is 120 Å². The Balaban J connectivity index is 0.000000570. The fourth-order valence-electron chi connectivity index (χ4n) is 13.0. The van der Waals surface area contributed by atoms with Crippen LogP contribution in [-0.4, -0.2) is 188 Å². The normalized spacial score (nSPS) is 11.1. The van der Waals surface area contributed by atoms with Gasteiger partial charge in [0.1, 0.15) is 31.4 Å². The van der Waals surface area contributed by atoms with Crippen molar-refractivity contribution in [3.8, 4) is 45.4 Å². The van der Waals surface area contributed by atoms with Crippen molar-refractivity contribution < 1.29 is 68.1 Å². The molecule has 0 unspecified atom stereocenters. The van der Waals surface area contributed by atoms with Gasteiger partial charge in [0.15, 0.2) is 5.78 Å². The molecule has 6 rings (SSSR count). The van der Waals surface area contributed by atoms with Crippen molar-refractivity contribution in [3.63, 3.8) is 0 Å². The molecular formula is C85H123N5O14Si2. The molecule has 0 fully saturated rings. The third kappa shape index (κ3) is 33.2. The predicted octanol–water partition coefficient (Wildman–Crippen LogP) is 15.0. The van der Waals surface area contributed by atoms with Crippen LogP contribution in [0.5, 0.6) is 5.75 Å². The molecule has 0 aliphatic heterocycles. The molecule has 0 heterocycles. The number of anilines is 1. The van der Waals surface area contributed by atoms with Crippen molar-refractivity contribution in [1.29, 1.82) is 5.26 Å². The number of esters is 1. The molecule has 580 valence electrons. The molecule has 6 aromatic carbocycles. The zero-order chi connectivity index (χ0) is 78.5. The molecule has 0 saturated heterocycles. The maximum Gasteiger partial charge on any atom is 0.310 e. The largest absolute Gasteiger partial charge is 0.463 e. The number of nitrogens with one attached hydrogen (secondary N) is 1. The minimum absolute atomic E-state index is 0.0385. The average Bonchev–Trinajstić information content (AvgIpc) is 0.835. The first kappa shape index (κ1) is 92.6. The van der Waals surface area contributed by atoms with Crippen molar-refractivity contribution in [1.82, 2.24) is 9.80 Å². The number of aliphatic imine (C=N–C) groups is 1. The Morgan fingerprint density at radius 1 is 0.491 bits per heavy atom. The highest BCUT2D eigenvalue weighted by Gasteiger charge is 2.27. The number of rotatable bonds is 44. The van der Waals surface area contributed by atoms with Crippen LogP contribution in [0, 0.1) is 53.1 Å². The van der Waals surface area contributed by atoms with E-state index in [1.54, 1.807) is 38.5 Å². The van der Waals surface area contributed by atoms with Gasteiger partial charge in [0.2, 0.25) is 12.0 Å². The molecule has 0 bridgehead atoms. The number of carbonyl (C=O) groups is 4. The number of aliphatic hydroxyl groups excluding tert-OH is 4. The van der Waals surface area contributed by atoms with Gasteiger partial charge in [-0.1, -0.05) is 163 Å². The SMILES string of the molecule is CC[Si](CC)(CC)CCCN(CCO)CCO.CC[Si](CC)(CC)CCCN(CCOC)CCOCC(=O)Cc1ccc(-c2ccc(NC(=O)COCCOC(=O)Cc3ccc(-c4ccc(CC(C)=O)c(C)c4)cc3C)c(C)c2)cc1C.Cc1cc(-c2ccc(OC#N)c(C)c2)ccc1N=C=O.OCCO. The van der Waals surface area contributed by atoms with Crippen molar-refractivity contribution in [2.45, 2.75) is 170 Å². The highest BCUT2D eigenvalue weighted by Crippen LogP contribution is 2.33. The number of hydrogen-bond acceptors (Lipinski definition) is 18. The monoisotopic (exact) mass is 1490 g/mol. The first-order valence-electron chi connectivity index (χ1n) is 37.7. The van der Waals surface area contributed by atoms with E-state index in [0.717, 1.165) is 110 Å². The van der Waals surface area contributed by atoms with Gasteiger partial charge in [0.25, 0.3) is 6.26 Å². The summed E-state index contributed by atoms with van der Waals surface area (Å²) in [6.07, 6.45) is 6.52. The molecule has 19 nitrogen and oxygen atoms in total. The Labute approximate surface area is 634 Å². The number of Topliss-reactive ketones (excluding diaryl/α,β-unsaturated/α-hetero) is 2. The lowest BCUT2D eigenvalue weighted by atomic mass is 9.95. The van der Waals surface area contributed by atoms with E-state index in [2.05, 4.69) is 79.9 Å². The third-order valence-electron chi connectivity index (χ3n) is 20.3. The van der Waals surface area contributed by atoms with Gasteiger partial charge in [0, 0.05) is 51.8 Å². The Morgan fingerprint density at radius 3 is 1.36 bits per heavy atom. The zero-order valence-corrected chi connectivity index (χ0v) is 68.1. The van der Waals surface area contributed by atoms with Gasteiger partial charge < -0.3 is 49.4 Å². The molecule has 1 amide bonds. The highest BCUT2D eigenvalue weighted by molar-refractivity contribution is 6.80. The molecule has 5 N–H and O–H groups in total. The molecule has 0 radical (unpaired) electrons. The average molecular weight is 1500 g/mol. The van der Waals surface area contributed by atoms with Gasteiger partial charge in [-0.05, 0) is 194 Å². The quantitative estimate of drug-likeness (QED) is 0.00594. The van der Waals surface area contributed by atoms with E-state index in [0.29, 0.717) is 56.3 Å². The smallest absolute Gasteiger partial charge is 0.310 e. The van der Waals surface area contributed by atoms with Crippen LogP contribution < -0.4 is 10.1 Å². The van der Waals surface area contributed by atoms with E-state index >= 15 is 0 Å². The van der Waals surface area contributed by atoms with E-state index < -0.39 is 16.1 Å². The van der Waals surface area contributed by atoms with Crippen LogP contribution in [-0.2, 0) is 62.2 Å². The lowest BCUT2D eigenvalue weighted by molar-refractivity contribution is -0.144. The number of amides is 1. The van der Waals surface area contributed by atoms with Gasteiger partial charge >= 0.3 is 5.97 Å². The van der Waals surface area contributed by atoms with Crippen molar-refractivity contribution in [3.05, 3.63) is 159 Å². The number of hydrogen-bond donors (Lipinski definition) is 5. The van der Waals surface area contributed by atoms with Crippen LogP contribution in [0.1, 0.15) is 111 Å². The summed E-state index contributed by atoms with van der Waals surface area (Å²) in [5, 5.41) is 44.6. The van der Waals surface area contributed by atoms with Crippen LogP contribution in [0.2, 0.25) is 48.4 Å². The van der Waals surface area contributed by atoms with Crippen LogP contribution in [0.25, 0.3) is 33.4 Å². The number of ether oxygens (including phenoxy) is 5. The van der Waals surface area contributed by atoms with E-state index in [4.69, 9.17) is 49.4 Å². The molecule has 0 aliphatic rings. The number of aryl methyl sites for hydroxylation is 6. The number of aliphatic hydroxyl groups is 4. The highest BCUT2D eigenvalue weighted by atomic mass is 28.3. The van der Waals surface area contributed by atoms with Crippen LogP contribution in [0.15, 0.2) is 114 Å². The minimum atomic E-state index is -1.13. The molecule has 21 heteroatoms. The summed E-state index contributed by atoms with van der Waals surface area (Å²) in [4.78, 5) is 68.3. The lowest BCUT2D eigenvalue weighted by Gasteiger charge is -2.29. The zero-order valence-electron chi connectivity index (χ0n) is 66.1. The molecule has 0 saturated carbocycles. The number of carbonyl (C=O) groups excluding carboxylic acids is 5. The number of nitrogens with zero attached hydrogens (tertiary/aromatic N) is 4. The summed E-state index contributed by atoms with van der Waals surface area (Å²) in [6.45, 7) is 34.0. The summed E-state index contributed by atoms with van der Waals surface area (Å²) in [7, 11) is -0.379. The van der Waals surface area contributed by atoms with Crippen molar-refractivity contribution >= 4 is 57.0 Å². The van der Waals surface area contributed by atoms with Crippen LogP contribution >= 0.6 is 0 Å². The Morgan fingerprint density at radius 2 is 0.925 bits per heavy atom. The first-order chi connectivity index (χ1) is 50.9. The van der Waals surface area contributed by atoms with E-state index in [1.165, 1.54) is 61.2 Å². The van der Waals surface area contributed by atoms with Gasteiger partial charge in [-0.25, -0.2) is 4.79 Å². The molecular weight excluding hydrogens is 1370 g/mol. The number of ketones is 2. The maximum absolute atomic E-state index is 12.9. The fraction of sp³-hybridized carbons (Fsp3) is 0.506. The van der Waals surface area contributed by atoms with E-state index in [9.17, 15) is 24.0 Å². The predicted molar refractivity (Wildman–Crippen MR) is 432 cm³/mol. The molecule has 0 aromatic heterocycles. The summed E-state index contributed by atoms with van der Waals surface area (Å²) in [5.41, 5.74) is 16.1. The summed E-state index contributed by atoms with van der Waals surface area (Å²) in [5.74, 6) is 0.0777. The Hall–Kier alpha value is -7.66. The summed E-state index contributed by atoms with van der Waals surface area (Å²) in [6, 6.07) is 46.3. The number of nitriles is 1. The second-order valence-electron chi connectivity index (χ2n) is 27.4. The standard InChI is InChI=1S/C54H74N2O8Si.C16H12N2O2.C13H31NO2Si.C2H6O2/c1-10-65(11-2,12-3)29-13-22-56(23-25-61-9)24-26-62-37-51(58)35-45-15-18-49(31-40(45)5)50-20-21-52(42(7)33-50)55-53(59)38-63-27-28-64-54(60)36-46-16-19-48(32-41(46)6)47-17-14-44(34-43(8)57)39(4)30-47;1-11-7-13(3-5-15(11)18-10-19)14-4-6-16(20-9-17)12(2)8-14;1-4-17(5-2,6-3)13-7-8-14(9-11-15)10-12-16;3-1-2-4/h14-21,30-33H,10-13,22-29,34-38H2,1-9H3,(H,55,59);3-8H,1-2H3;15-16H,4-13H2,1-3H3;3-4H,1-2H2. The van der Waals surface area contributed by atoms with Crippen LogP contribution in [0.4, 0.5) is 11.4 Å². The Bertz CT molecular complexity index is 3710. The number of isocyanates is 1. The number of benzene rings is 6. The number of methoxy groups -OCH3 is 1. The van der Waals surface area contributed by atoms with Gasteiger partial charge in [-0.2, -0.15) is 4.99 Å². The Kier molecular flexibility index (Phi) is 45.0. The summed E-state index contributed by atoms with van der Waals surface area (Å²) >= 11 is 0. The maximum atomic E-state index is 12.9. The third-order valence-corrected chi connectivity index (χ3v) is 32.2. The molecule has 0 spiro atoms.